The molecular weight excluding hydrogens is 342 g/mol. The largest absolute Gasteiger partial charge is 0.377 e. The Hall–Kier alpha value is -2.99. The predicted octanol–water partition coefficient (Wildman–Crippen LogP) is 4.29. The Morgan fingerprint density at radius 1 is 1.27 bits per heavy atom. The van der Waals surface area contributed by atoms with E-state index in [2.05, 4.69) is 63.1 Å². The van der Waals surface area contributed by atoms with Crippen LogP contribution in [0.25, 0.3) is 33.0 Å². The van der Waals surface area contributed by atoms with E-state index in [9.17, 15) is 0 Å². The molecule has 26 heavy (non-hydrogen) atoms. The third-order valence-electron chi connectivity index (χ3n) is 4.97. The summed E-state index contributed by atoms with van der Waals surface area (Å²) < 4.78 is 0. The number of fused-ring (bicyclic) bond motifs is 1. The summed E-state index contributed by atoms with van der Waals surface area (Å²) in [5.41, 5.74) is 7.25. The molecule has 1 saturated heterocycles. The average Bonchev–Trinajstić information content (AvgIpc) is 3.32. The van der Waals surface area contributed by atoms with Crippen LogP contribution >= 0.6 is 11.3 Å². The fraction of sp³-hybridized carbons (Fsp3) is 0.150. The molecule has 3 aromatic heterocycles. The highest BCUT2D eigenvalue weighted by Crippen LogP contribution is 2.37. The molecule has 1 N–H and O–H groups in total. The molecule has 1 aliphatic rings. The second-order valence-corrected chi connectivity index (χ2v) is 7.40. The standard InChI is InChI=1S/C20H17N5S/c1-12-16(10-25(12)2)13-4-3-5-14(8-13)17-11-26-20(24-17)15-9-23-19-18(15)21-6-7-22-19/h3-9,11,16H,1,10H2,2H3,(H,22,23). The number of rotatable bonds is 3. The van der Waals surface area contributed by atoms with Gasteiger partial charge in [0.05, 0.1) is 11.3 Å². The number of aromatic nitrogens is 4. The second-order valence-electron chi connectivity index (χ2n) is 6.54. The zero-order valence-electron chi connectivity index (χ0n) is 14.3. The van der Waals surface area contributed by atoms with Crippen molar-refractivity contribution < 1.29 is 0 Å². The van der Waals surface area contributed by atoms with Crippen molar-refractivity contribution in [3.05, 3.63) is 66.1 Å². The van der Waals surface area contributed by atoms with E-state index in [1.165, 1.54) is 11.3 Å². The molecule has 1 unspecified atom stereocenters. The minimum absolute atomic E-state index is 0.418. The summed E-state index contributed by atoms with van der Waals surface area (Å²) in [6, 6.07) is 8.63. The first kappa shape index (κ1) is 15.3. The lowest BCUT2D eigenvalue weighted by Crippen LogP contribution is -2.38. The van der Waals surface area contributed by atoms with Gasteiger partial charge in [-0.05, 0) is 11.6 Å². The van der Waals surface area contributed by atoms with Gasteiger partial charge >= 0.3 is 0 Å². The van der Waals surface area contributed by atoms with E-state index >= 15 is 0 Å². The minimum Gasteiger partial charge on any atom is -0.377 e. The molecule has 0 saturated carbocycles. The SMILES string of the molecule is C=C1C(c2cccc(-c3csc(-c4c[nH]c5nccnc45)n3)c2)CN1C. The van der Waals surface area contributed by atoms with E-state index in [1.807, 2.05) is 6.20 Å². The summed E-state index contributed by atoms with van der Waals surface area (Å²) in [7, 11) is 2.08. The highest BCUT2D eigenvalue weighted by molar-refractivity contribution is 7.13. The topological polar surface area (TPSA) is 57.7 Å². The Kier molecular flexibility index (Phi) is 3.39. The zero-order chi connectivity index (χ0) is 17.7. The van der Waals surface area contributed by atoms with Crippen LogP contribution < -0.4 is 0 Å². The van der Waals surface area contributed by atoms with Gasteiger partial charge in [0.1, 0.15) is 10.5 Å². The number of likely N-dealkylation sites (tertiary alicyclic amines) is 1. The number of benzene rings is 1. The molecule has 4 heterocycles. The van der Waals surface area contributed by atoms with E-state index in [4.69, 9.17) is 4.98 Å². The lowest BCUT2D eigenvalue weighted by molar-refractivity contribution is 0.275. The molecule has 1 aliphatic heterocycles. The molecule has 5 nitrogen and oxygen atoms in total. The van der Waals surface area contributed by atoms with E-state index in [0.29, 0.717) is 5.92 Å². The van der Waals surface area contributed by atoms with Crippen LogP contribution in [0.2, 0.25) is 0 Å². The third kappa shape index (κ3) is 2.34. The van der Waals surface area contributed by atoms with Crippen molar-refractivity contribution in [3.8, 4) is 21.8 Å². The molecule has 4 aromatic rings. The fourth-order valence-corrected chi connectivity index (χ4v) is 4.25. The lowest BCUT2D eigenvalue weighted by atomic mass is 9.87. The molecule has 6 heteroatoms. The first-order valence-electron chi connectivity index (χ1n) is 8.45. The summed E-state index contributed by atoms with van der Waals surface area (Å²) in [5.74, 6) is 0.418. The molecule has 0 radical (unpaired) electrons. The fourth-order valence-electron chi connectivity index (χ4n) is 3.41. The number of nitrogens with one attached hydrogen (secondary N) is 1. The van der Waals surface area contributed by atoms with Gasteiger partial charge in [0.25, 0.3) is 0 Å². The molecule has 5 rings (SSSR count). The van der Waals surface area contributed by atoms with Gasteiger partial charge in [0.15, 0.2) is 5.65 Å². The summed E-state index contributed by atoms with van der Waals surface area (Å²) in [6.45, 7) is 5.19. The van der Waals surface area contributed by atoms with Crippen molar-refractivity contribution in [2.75, 3.05) is 13.6 Å². The Bertz CT molecular complexity index is 1130. The Balaban J connectivity index is 1.50. The molecule has 0 aliphatic carbocycles. The van der Waals surface area contributed by atoms with Crippen molar-refractivity contribution in [3.63, 3.8) is 0 Å². The second kappa shape index (κ2) is 5.78. The maximum Gasteiger partial charge on any atom is 0.156 e. The van der Waals surface area contributed by atoms with Crippen LogP contribution in [0.5, 0.6) is 0 Å². The quantitative estimate of drug-likeness (QED) is 0.593. The van der Waals surface area contributed by atoms with Gasteiger partial charge in [-0.1, -0.05) is 24.8 Å². The molecule has 1 atom stereocenters. The molecule has 1 fully saturated rings. The molecular formula is C20H17N5S. The molecule has 1 aromatic carbocycles. The third-order valence-corrected chi connectivity index (χ3v) is 5.85. The van der Waals surface area contributed by atoms with Gasteiger partial charge in [-0.3, -0.25) is 4.98 Å². The van der Waals surface area contributed by atoms with E-state index in [-0.39, 0.29) is 0 Å². The van der Waals surface area contributed by atoms with Gasteiger partial charge in [-0.2, -0.15) is 0 Å². The van der Waals surface area contributed by atoms with Crippen molar-refractivity contribution in [1.82, 2.24) is 24.8 Å². The van der Waals surface area contributed by atoms with Gasteiger partial charge < -0.3 is 9.88 Å². The number of H-pyrrole nitrogens is 1. The molecule has 0 bridgehead atoms. The average molecular weight is 359 g/mol. The summed E-state index contributed by atoms with van der Waals surface area (Å²) >= 11 is 1.63. The maximum absolute atomic E-state index is 4.85. The Morgan fingerprint density at radius 3 is 3.00 bits per heavy atom. The van der Waals surface area contributed by atoms with Gasteiger partial charge in [-0.25, -0.2) is 9.97 Å². The van der Waals surface area contributed by atoms with Gasteiger partial charge in [0, 0.05) is 54.7 Å². The number of hydrogen-bond acceptors (Lipinski definition) is 5. The first-order chi connectivity index (χ1) is 12.7. The van der Waals surface area contributed by atoms with Crippen molar-refractivity contribution in [2.24, 2.45) is 0 Å². The van der Waals surface area contributed by atoms with E-state index in [0.717, 1.165) is 39.5 Å². The Morgan fingerprint density at radius 2 is 2.15 bits per heavy atom. The summed E-state index contributed by atoms with van der Waals surface area (Å²) in [4.78, 5) is 18.9. The van der Waals surface area contributed by atoms with Crippen LogP contribution in [-0.2, 0) is 0 Å². The molecule has 0 amide bonds. The lowest BCUT2D eigenvalue weighted by Gasteiger charge is -2.41. The first-order valence-corrected chi connectivity index (χ1v) is 9.33. The summed E-state index contributed by atoms with van der Waals surface area (Å²) in [5, 5.41) is 3.05. The smallest absolute Gasteiger partial charge is 0.156 e. The van der Waals surface area contributed by atoms with Crippen LogP contribution in [0, 0.1) is 0 Å². The minimum atomic E-state index is 0.418. The van der Waals surface area contributed by atoms with Gasteiger partial charge in [-0.15, -0.1) is 11.3 Å². The highest BCUT2D eigenvalue weighted by Gasteiger charge is 2.29. The summed E-state index contributed by atoms with van der Waals surface area (Å²) in [6.07, 6.45) is 5.32. The predicted molar refractivity (Wildman–Crippen MR) is 105 cm³/mol. The van der Waals surface area contributed by atoms with Crippen LogP contribution in [0.1, 0.15) is 11.5 Å². The maximum atomic E-state index is 4.85. The van der Waals surface area contributed by atoms with Crippen LogP contribution in [0.3, 0.4) is 0 Å². The molecule has 0 spiro atoms. The van der Waals surface area contributed by atoms with Crippen LogP contribution in [-0.4, -0.2) is 38.4 Å². The molecule has 128 valence electrons. The number of thiazole rings is 1. The number of hydrogen-bond donors (Lipinski definition) is 1. The monoisotopic (exact) mass is 359 g/mol. The van der Waals surface area contributed by atoms with Crippen molar-refractivity contribution in [2.45, 2.75) is 5.92 Å². The highest BCUT2D eigenvalue weighted by atomic mass is 32.1. The number of nitrogens with zero attached hydrogens (tertiary/aromatic N) is 4. The van der Waals surface area contributed by atoms with Crippen LogP contribution in [0.4, 0.5) is 0 Å². The van der Waals surface area contributed by atoms with E-state index in [1.54, 1.807) is 23.7 Å². The Labute approximate surface area is 155 Å². The van der Waals surface area contributed by atoms with Gasteiger partial charge in [0.2, 0.25) is 0 Å². The van der Waals surface area contributed by atoms with Crippen molar-refractivity contribution >= 4 is 22.5 Å². The zero-order valence-corrected chi connectivity index (χ0v) is 15.1. The van der Waals surface area contributed by atoms with E-state index < -0.39 is 0 Å². The normalized spacial score (nSPS) is 16.9. The van der Waals surface area contributed by atoms with Crippen molar-refractivity contribution in [1.29, 1.82) is 0 Å². The number of aromatic amines is 1. The number of likely N-dealkylation sites (N-methyl/N-ethyl adjacent to an activating group) is 1. The van der Waals surface area contributed by atoms with Crippen LogP contribution in [0.15, 0.2) is 60.5 Å².